The Morgan fingerprint density at radius 1 is 0.488 bits per heavy atom. The Labute approximate surface area is 258 Å². The molecule has 0 unspecified atom stereocenters. The lowest BCUT2D eigenvalue weighted by Crippen LogP contribution is -2.12. The minimum absolute atomic E-state index is 0.0114. The van der Waals surface area contributed by atoms with Gasteiger partial charge in [-0.15, -0.1) is 0 Å². The summed E-state index contributed by atoms with van der Waals surface area (Å²) in [5, 5.41) is 2.45. The van der Waals surface area contributed by atoms with E-state index < -0.39 is 0 Å². The van der Waals surface area contributed by atoms with E-state index in [2.05, 4.69) is 149 Å². The second kappa shape index (κ2) is 10.9. The van der Waals surface area contributed by atoms with E-state index >= 15 is 0 Å². The molecule has 0 fully saturated rings. The van der Waals surface area contributed by atoms with Crippen LogP contribution in [0.5, 0.6) is 0 Å². The highest BCUT2D eigenvalue weighted by molar-refractivity contribution is 6.16. The number of nitrogens with zero attached hydrogens (tertiary/aromatic N) is 2. The average Bonchev–Trinajstić information content (AvgIpc) is 3.25. The number of aromatic nitrogens is 1. The smallest absolute Gasteiger partial charge is 0.0688 e. The Morgan fingerprint density at radius 3 is 1.12 bits per heavy atom. The number of aromatic amines is 1. The van der Waals surface area contributed by atoms with Crippen molar-refractivity contribution < 1.29 is 0 Å². The number of aryl methyl sites for hydroxylation is 6. The summed E-state index contributed by atoms with van der Waals surface area (Å²) < 4.78 is 0. The first-order valence-corrected chi connectivity index (χ1v) is 15.4. The lowest BCUT2D eigenvalue weighted by Gasteiger charge is -2.21. The summed E-state index contributed by atoms with van der Waals surface area (Å²) in [6, 6.07) is 18.2. The van der Waals surface area contributed by atoms with Crippen molar-refractivity contribution in [3.8, 4) is 0 Å². The largest absolute Gasteiger partial charge is 0.353 e. The molecule has 5 aromatic rings. The molecule has 0 aliphatic heterocycles. The number of hydrogen-bond donors (Lipinski definition) is 1. The van der Waals surface area contributed by atoms with Gasteiger partial charge in [0.1, 0.15) is 0 Å². The van der Waals surface area contributed by atoms with Crippen LogP contribution in [0.4, 0.5) is 11.4 Å². The highest BCUT2D eigenvalue weighted by atomic mass is 14.8. The van der Waals surface area contributed by atoms with Crippen LogP contribution < -0.4 is 0 Å². The maximum atomic E-state index is 5.07. The molecule has 0 aliphatic carbocycles. The van der Waals surface area contributed by atoms with Crippen LogP contribution >= 0.6 is 0 Å². The van der Waals surface area contributed by atoms with Crippen molar-refractivity contribution in [2.24, 2.45) is 9.98 Å². The van der Waals surface area contributed by atoms with E-state index in [-0.39, 0.29) is 10.8 Å². The number of hydrogen-bond acceptors (Lipinski definition) is 2. The van der Waals surface area contributed by atoms with Gasteiger partial charge in [-0.25, -0.2) is 0 Å². The van der Waals surface area contributed by atoms with Crippen molar-refractivity contribution in [1.29, 1.82) is 0 Å². The maximum absolute atomic E-state index is 5.07. The number of fused-ring (bicyclic) bond motifs is 3. The standard InChI is InChI=1S/C40H47N3/c1-23-13-25(3)35(26(4)14-23)41-21-29-17-31(39(7,8)9)19-33-34-20-32(40(10,11)12)18-30(38(34)43-37(29)33)22-42-36-27(5)15-24(2)16-28(36)6/h13-22,43H,1-12H3. The maximum Gasteiger partial charge on any atom is 0.0688 e. The SMILES string of the molecule is Cc1cc(C)c(N=Cc2cc(C(C)(C)C)cc3c2[nH]c2c(C=Nc4c(C)cc(C)cc4C)cc(C(C)(C)C)cc23)c(C)c1. The van der Waals surface area contributed by atoms with E-state index in [9.17, 15) is 0 Å². The summed E-state index contributed by atoms with van der Waals surface area (Å²) in [5.74, 6) is 0. The fourth-order valence-corrected chi connectivity index (χ4v) is 6.25. The zero-order valence-corrected chi connectivity index (χ0v) is 28.2. The van der Waals surface area contributed by atoms with Crippen molar-refractivity contribution in [3.63, 3.8) is 0 Å². The van der Waals surface area contributed by atoms with Gasteiger partial charge >= 0.3 is 0 Å². The van der Waals surface area contributed by atoms with E-state index in [4.69, 9.17) is 9.98 Å². The van der Waals surface area contributed by atoms with Crippen LogP contribution in [-0.4, -0.2) is 17.4 Å². The fourth-order valence-electron chi connectivity index (χ4n) is 6.25. The fraction of sp³-hybridized carbons (Fsp3) is 0.350. The molecular formula is C40H47N3. The zero-order chi connectivity index (χ0) is 31.4. The third kappa shape index (κ3) is 6.09. The van der Waals surface area contributed by atoms with Crippen molar-refractivity contribution in [1.82, 2.24) is 4.98 Å². The molecule has 0 saturated carbocycles. The van der Waals surface area contributed by atoms with Gasteiger partial charge in [-0.1, -0.05) is 76.9 Å². The molecule has 0 aliphatic rings. The van der Waals surface area contributed by atoms with Crippen molar-refractivity contribution in [3.05, 3.63) is 104 Å². The molecule has 0 spiro atoms. The van der Waals surface area contributed by atoms with Gasteiger partial charge in [0.25, 0.3) is 0 Å². The summed E-state index contributed by atoms with van der Waals surface area (Å²) in [4.78, 5) is 14.0. The van der Waals surface area contributed by atoms with E-state index in [1.54, 1.807) is 0 Å². The summed E-state index contributed by atoms with van der Waals surface area (Å²) in [6.07, 6.45) is 4.10. The molecule has 43 heavy (non-hydrogen) atoms. The van der Waals surface area contributed by atoms with Gasteiger partial charge in [0.05, 0.1) is 22.4 Å². The number of rotatable bonds is 4. The van der Waals surface area contributed by atoms with Crippen molar-refractivity contribution in [2.45, 2.75) is 93.9 Å². The number of H-pyrrole nitrogens is 1. The second-order valence-electron chi connectivity index (χ2n) is 14.6. The van der Waals surface area contributed by atoms with Crippen molar-refractivity contribution >= 4 is 45.6 Å². The van der Waals surface area contributed by atoms with E-state index in [0.717, 1.165) is 33.5 Å². The highest BCUT2D eigenvalue weighted by Crippen LogP contribution is 2.37. The predicted octanol–water partition coefficient (Wildman–Crippen LogP) is 11.3. The van der Waals surface area contributed by atoms with Gasteiger partial charge in [-0.2, -0.15) is 0 Å². The third-order valence-electron chi connectivity index (χ3n) is 8.55. The first kappa shape index (κ1) is 30.5. The average molecular weight is 570 g/mol. The summed E-state index contributed by atoms with van der Waals surface area (Å²) >= 11 is 0. The quantitative estimate of drug-likeness (QED) is 0.209. The molecule has 5 rings (SSSR count). The van der Waals surface area contributed by atoms with Crippen LogP contribution in [0.15, 0.2) is 58.5 Å². The number of benzene rings is 4. The Bertz CT molecular complexity index is 1750. The molecule has 222 valence electrons. The molecule has 1 heterocycles. The Kier molecular flexibility index (Phi) is 7.75. The first-order chi connectivity index (χ1) is 20.0. The van der Waals surface area contributed by atoms with E-state index in [1.807, 2.05) is 0 Å². The number of aliphatic imine (C=N–C) groups is 2. The van der Waals surface area contributed by atoms with Gasteiger partial charge in [0, 0.05) is 34.3 Å². The van der Waals surface area contributed by atoms with Crippen LogP contribution in [0.3, 0.4) is 0 Å². The molecule has 0 bridgehead atoms. The zero-order valence-electron chi connectivity index (χ0n) is 28.2. The second-order valence-corrected chi connectivity index (χ2v) is 14.6. The van der Waals surface area contributed by atoms with Gasteiger partial charge in [-0.05, 0) is 110 Å². The molecule has 3 nitrogen and oxygen atoms in total. The van der Waals surface area contributed by atoms with Gasteiger partial charge in [-0.3, -0.25) is 9.98 Å². The Balaban J connectivity index is 1.79. The molecule has 3 heteroatoms. The predicted molar refractivity (Wildman–Crippen MR) is 189 cm³/mol. The lowest BCUT2D eigenvalue weighted by atomic mass is 9.83. The molecule has 0 radical (unpaired) electrons. The van der Waals surface area contributed by atoms with E-state index in [0.29, 0.717) is 0 Å². The van der Waals surface area contributed by atoms with Crippen LogP contribution in [0.25, 0.3) is 21.8 Å². The monoisotopic (exact) mass is 569 g/mol. The normalized spacial score (nSPS) is 12.9. The molecule has 1 N–H and O–H groups in total. The molecule has 4 aromatic carbocycles. The molecule has 0 saturated heterocycles. The third-order valence-corrected chi connectivity index (χ3v) is 8.55. The first-order valence-electron chi connectivity index (χ1n) is 15.4. The van der Waals surface area contributed by atoms with E-state index in [1.165, 1.54) is 55.3 Å². The minimum atomic E-state index is -0.0114. The molecule has 0 atom stereocenters. The highest BCUT2D eigenvalue weighted by Gasteiger charge is 2.22. The van der Waals surface area contributed by atoms with Crippen LogP contribution in [0.2, 0.25) is 0 Å². The topological polar surface area (TPSA) is 40.5 Å². The van der Waals surface area contributed by atoms with Gasteiger partial charge in [0.15, 0.2) is 0 Å². The molecule has 1 aromatic heterocycles. The lowest BCUT2D eigenvalue weighted by molar-refractivity contribution is 0.590. The van der Waals surface area contributed by atoms with Crippen molar-refractivity contribution in [2.75, 3.05) is 0 Å². The van der Waals surface area contributed by atoms with Gasteiger partial charge < -0.3 is 4.98 Å². The summed E-state index contributed by atoms with van der Waals surface area (Å²) in [6.45, 7) is 26.6. The molecule has 0 amide bonds. The molecular weight excluding hydrogens is 522 g/mol. The summed E-state index contributed by atoms with van der Waals surface area (Å²) in [5.41, 5.74) is 16.4. The minimum Gasteiger partial charge on any atom is -0.353 e. The van der Waals surface area contributed by atoms with Crippen LogP contribution in [-0.2, 0) is 10.8 Å². The van der Waals surface area contributed by atoms with Crippen LogP contribution in [0.1, 0.15) is 97.2 Å². The number of nitrogens with one attached hydrogen (secondary N) is 1. The summed E-state index contributed by atoms with van der Waals surface area (Å²) in [7, 11) is 0. The Morgan fingerprint density at radius 2 is 0.814 bits per heavy atom. The van der Waals surface area contributed by atoms with Crippen LogP contribution in [0, 0.1) is 41.5 Å². The Hall–Kier alpha value is -3.98. The van der Waals surface area contributed by atoms with Gasteiger partial charge in [0.2, 0.25) is 0 Å².